The number of aromatic nitrogens is 3. The molecule has 1 aliphatic rings. The summed E-state index contributed by atoms with van der Waals surface area (Å²) in [5.74, 6) is -0.315. The molecule has 1 aliphatic heterocycles. The molecule has 0 saturated carbocycles. The van der Waals surface area contributed by atoms with Crippen LogP contribution in [0.3, 0.4) is 0 Å². The number of nitrogens with zero attached hydrogens (tertiary/aromatic N) is 3. The Kier molecular flexibility index (Phi) is 5.01. The number of benzene rings is 1. The fourth-order valence-corrected chi connectivity index (χ4v) is 3.68. The molecule has 3 rings (SSSR count). The second kappa shape index (κ2) is 7.03. The minimum Gasteiger partial charge on any atom is -0.469 e. The molecule has 3 atom stereocenters. The summed E-state index contributed by atoms with van der Waals surface area (Å²) < 4.78 is 13.9. The monoisotopic (exact) mass is 393 g/mol. The van der Waals surface area contributed by atoms with E-state index in [-0.39, 0.29) is 30.5 Å². The Morgan fingerprint density at radius 2 is 2.17 bits per heavy atom. The Hall–Kier alpha value is -1.73. The first-order valence-corrected chi connectivity index (χ1v) is 8.69. The third-order valence-corrected chi connectivity index (χ3v) is 5.01. The number of hydrogen-bond donors (Lipinski definition) is 0. The summed E-state index contributed by atoms with van der Waals surface area (Å²) in [6, 6.07) is 8.03. The minimum atomic E-state index is -0.318. The van der Waals surface area contributed by atoms with Crippen LogP contribution in [-0.4, -0.2) is 34.2 Å². The van der Waals surface area contributed by atoms with E-state index in [0.717, 1.165) is 15.7 Å². The number of methoxy groups -OCH3 is 1. The summed E-state index contributed by atoms with van der Waals surface area (Å²) in [5.41, 5.74) is 2.67. The van der Waals surface area contributed by atoms with Crippen LogP contribution in [0, 0.1) is 0 Å². The van der Waals surface area contributed by atoms with Gasteiger partial charge in [0.15, 0.2) is 0 Å². The van der Waals surface area contributed by atoms with E-state index in [1.165, 1.54) is 7.11 Å². The first-order chi connectivity index (χ1) is 11.5. The highest BCUT2D eigenvalue weighted by Crippen LogP contribution is 2.40. The standard InChI is InChI=1S/C17H20BrN3O3/c1-10-9-21-16(14(19-20-21)8-15(22)23-3)11(2)17(24-10)12-6-4-5-7-13(12)18/h4-7,10-11,17H,8-9H2,1-3H3/t10-,11-,17+/m0/s1. The number of fused-ring (bicyclic) bond motifs is 1. The molecule has 2 aromatic rings. The molecular formula is C17H20BrN3O3. The van der Waals surface area contributed by atoms with Crippen LogP contribution in [0.5, 0.6) is 0 Å². The van der Waals surface area contributed by atoms with Gasteiger partial charge >= 0.3 is 5.97 Å². The van der Waals surface area contributed by atoms with Crippen molar-refractivity contribution in [1.82, 2.24) is 15.0 Å². The van der Waals surface area contributed by atoms with E-state index in [1.807, 2.05) is 29.8 Å². The van der Waals surface area contributed by atoms with Crippen LogP contribution in [-0.2, 0) is 27.2 Å². The predicted molar refractivity (Wildman–Crippen MR) is 91.6 cm³/mol. The molecule has 0 aliphatic carbocycles. The zero-order valence-electron chi connectivity index (χ0n) is 13.9. The van der Waals surface area contributed by atoms with Crippen molar-refractivity contribution in [2.24, 2.45) is 0 Å². The van der Waals surface area contributed by atoms with Crippen molar-refractivity contribution in [1.29, 1.82) is 0 Å². The molecule has 0 N–H and O–H groups in total. The maximum atomic E-state index is 11.7. The lowest BCUT2D eigenvalue weighted by atomic mass is 9.92. The van der Waals surface area contributed by atoms with Crippen LogP contribution >= 0.6 is 15.9 Å². The fourth-order valence-electron chi connectivity index (χ4n) is 3.17. The quantitative estimate of drug-likeness (QED) is 0.749. The van der Waals surface area contributed by atoms with Gasteiger partial charge in [-0.2, -0.15) is 0 Å². The smallest absolute Gasteiger partial charge is 0.311 e. The number of carbonyl (C=O) groups excluding carboxylic acids is 1. The van der Waals surface area contributed by atoms with Crippen LogP contribution in [0.25, 0.3) is 0 Å². The van der Waals surface area contributed by atoms with Gasteiger partial charge in [-0.1, -0.05) is 46.3 Å². The Morgan fingerprint density at radius 1 is 1.42 bits per heavy atom. The van der Waals surface area contributed by atoms with Gasteiger partial charge in [0, 0.05) is 10.4 Å². The first kappa shape index (κ1) is 17.1. The van der Waals surface area contributed by atoms with Crippen LogP contribution in [0.2, 0.25) is 0 Å². The number of carbonyl (C=O) groups is 1. The highest BCUT2D eigenvalue weighted by atomic mass is 79.9. The molecule has 7 heteroatoms. The molecule has 0 unspecified atom stereocenters. The van der Waals surface area contributed by atoms with Crippen LogP contribution < -0.4 is 0 Å². The Balaban J connectivity index is 2.03. The van der Waals surface area contributed by atoms with Gasteiger partial charge in [0.2, 0.25) is 0 Å². The Bertz CT molecular complexity index is 746. The molecule has 0 radical (unpaired) electrons. The van der Waals surface area contributed by atoms with E-state index in [0.29, 0.717) is 12.2 Å². The summed E-state index contributed by atoms with van der Waals surface area (Å²) in [5, 5.41) is 8.43. The first-order valence-electron chi connectivity index (χ1n) is 7.90. The third kappa shape index (κ3) is 3.23. The van der Waals surface area contributed by atoms with E-state index in [1.54, 1.807) is 0 Å². The maximum Gasteiger partial charge on any atom is 0.311 e. The molecule has 24 heavy (non-hydrogen) atoms. The van der Waals surface area contributed by atoms with Crippen molar-refractivity contribution in [3.8, 4) is 0 Å². The lowest BCUT2D eigenvalue weighted by Crippen LogP contribution is -2.18. The van der Waals surface area contributed by atoms with Crippen molar-refractivity contribution in [2.75, 3.05) is 7.11 Å². The van der Waals surface area contributed by atoms with Gasteiger partial charge in [-0.3, -0.25) is 4.79 Å². The molecule has 1 aromatic carbocycles. The zero-order valence-corrected chi connectivity index (χ0v) is 15.5. The van der Waals surface area contributed by atoms with Crippen molar-refractivity contribution in [3.05, 3.63) is 45.7 Å². The maximum absolute atomic E-state index is 11.7. The zero-order chi connectivity index (χ0) is 17.3. The number of ether oxygens (including phenoxy) is 2. The van der Waals surface area contributed by atoms with Crippen molar-refractivity contribution < 1.29 is 14.3 Å². The third-order valence-electron chi connectivity index (χ3n) is 4.29. The predicted octanol–water partition coefficient (Wildman–Crippen LogP) is 3.02. The average molecular weight is 394 g/mol. The van der Waals surface area contributed by atoms with E-state index >= 15 is 0 Å². The van der Waals surface area contributed by atoms with Crippen LogP contribution in [0.15, 0.2) is 28.7 Å². The minimum absolute atomic E-state index is 0.00306. The fraction of sp³-hybridized carbons (Fsp3) is 0.471. The van der Waals surface area contributed by atoms with Crippen molar-refractivity contribution in [2.45, 2.75) is 44.9 Å². The van der Waals surface area contributed by atoms with Crippen LogP contribution in [0.1, 0.15) is 42.8 Å². The molecule has 0 bridgehead atoms. The normalized spacial score (nSPS) is 23.4. The molecule has 0 saturated heterocycles. The number of rotatable bonds is 3. The Morgan fingerprint density at radius 3 is 2.88 bits per heavy atom. The molecule has 1 aromatic heterocycles. The van der Waals surface area contributed by atoms with E-state index in [9.17, 15) is 4.79 Å². The van der Waals surface area contributed by atoms with E-state index in [4.69, 9.17) is 9.47 Å². The van der Waals surface area contributed by atoms with Gasteiger partial charge in [0.05, 0.1) is 43.7 Å². The van der Waals surface area contributed by atoms with Gasteiger partial charge in [0.1, 0.15) is 0 Å². The Labute approximate surface area is 149 Å². The topological polar surface area (TPSA) is 66.2 Å². The average Bonchev–Trinajstić information content (AvgIpc) is 2.89. The number of esters is 1. The molecule has 6 nitrogen and oxygen atoms in total. The molecular weight excluding hydrogens is 374 g/mol. The van der Waals surface area contributed by atoms with Crippen molar-refractivity contribution in [3.63, 3.8) is 0 Å². The highest BCUT2D eigenvalue weighted by molar-refractivity contribution is 9.10. The van der Waals surface area contributed by atoms with Gasteiger partial charge < -0.3 is 9.47 Å². The summed E-state index contributed by atoms with van der Waals surface area (Å²) >= 11 is 3.61. The SMILES string of the molecule is COC(=O)Cc1nnn2c1[C@H](C)[C@H](c1ccccc1Br)O[C@@H](C)C2. The van der Waals surface area contributed by atoms with Crippen molar-refractivity contribution >= 4 is 21.9 Å². The molecule has 0 spiro atoms. The largest absolute Gasteiger partial charge is 0.469 e. The second-order valence-electron chi connectivity index (χ2n) is 6.03. The van der Waals surface area contributed by atoms with E-state index in [2.05, 4.69) is 39.2 Å². The summed E-state index contributed by atoms with van der Waals surface area (Å²) in [4.78, 5) is 11.7. The summed E-state index contributed by atoms with van der Waals surface area (Å²) in [6.07, 6.45) is -0.0436. The van der Waals surface area contributed by atoms with Gasteiger partial charge in [-0.05, 0) is 18.6 Å². The van der Waals surface area contributed by atoms with Crippen LogP contribution in [0.4, 0.5) is 0 Å². The highest BCUT2D eigenvalue weighted by Gasteiger charge is 2.34. The summed E-state index contributed by atoms with van der Waals surface area (Å²) in [6.45, 7) is 4.71. The summed E-state index contributed by atoms with van der Waals surface area (Å²) in [7, 11) is 1.38. The number of halogens is 1. The lowest BCUT2D eigenvalue weighted by molar-refractivity contribution is -0.139. The number of hydrogen-bond acceptors (Lipinski definition) is 5. The molecule has 0 fully saturated rings. The van der Waals surface area contributed by atoms with Gasteiger partial charge in [-0.15, -0.1) is 5.10 Å². The van der Waals surface area contributed by atoms with Gasteiger partial charge in [0.25, 0.3) is 0 Å². The molecule has 2 heterocycles. The molecule has 128 valence electrons. The second-order valence-corrected chi connectivity index (χ2v) is 6.89. The lowest BCUT2D eigenvalue weighted by Gasteiger charge is -2.25. The van der Waals surface area contributed by atoms with E-state index < -0.39 is 0 Å². The van der Waals surface area contributed by atoms with Gasteiger partial charge in [-0.25, -0.2) is 4.68 Å². The molecule has 0 amide bonds.